The second-order valence-corrected chi connectivity index (χ2v) is 4.83. The summed E-state index contributed by atoms with van der Waals surface area (Å²) in [6.07, 6.45) is 0. The first-order chi connectivity index (χ1) is 9.10. The number of phenolic OH excluding ortho intramolecular Hbond substituents is 1. The lowest BCUT2D eigenvalue weighted by atomic mass is 10.2. The number of anilines is 1. The SMILES string of the molecule is COc1ccc(O)c(CNc2ccc(F)cc2Br)c1. The molecule has 5 heteroatoms. The summed E-state index contributed by atoms with van der Waals surface area (Å²) in [7, 11) is 1.57. The van der Waals surface area contributed by atoms with Gasteiger partial charge in [-0.15, -0.1) is 0 Å². The lowest BCUT2D eigenvalue weighted by molar-refractivity contribution is 0.411. The van der Waals surface area contributed by atoms with Crippen LogP contribution < -0.4 is 10.1 Å². The summed E-state index contributed by atoms with van der Waals surface area (Å²) < 4.78 is 18.7. The number of rotatable bonds is 4. The summed E-state index contributed by atoms with van der Waals surface area (Å²) in [5.41, 5.74) is 1.46. The standard InChI is InChI=1S/C14H13BrFNO2/c1-19-11-3-5-14(18)9(6-11)8-17-13-4-2-10(16)7-12(13)15/h2-7,17-18H,8H2,1H3. The number of phenols is 1. The summed E-state index contributed by atoms with van der Waals surface area (Å²) in [5, 5.41) is 12.9. The number of hydrogen-bond acceptors (Lipinski definition) is 3. The first-order valence-electron chi connectivity index (χ1n) is 5.65. The average molecular weight is 326 g/mol. The highest BCUT2D eigenvalue weighted by atomic mass is 79.9. The van der Waals surface area contributed by atoms with Crippen LogP contribution in [-0.2, 0) is 6.54 Å². The number of halogens is 2. The molecule has 0 radical (unpaired) electrons. The van der Waals surface area contributed by atoms with Crippen molar-refractivity contribution in [3.05, 3.63) is 52.3 Å². The molecule has 0 amide bonds. The predicted molar refractivity (Wildman–Crippen MR) is 76.1 cm³/mol. The van der Waals surface area contributed by atoms with Crippen molar-refractivity contribution in [3.8, 4) is 11.5 Å². The molecule has 19 heavy (non-hydrogen) atoms. The lowest BCUT2D eigenvalue weighted by Crippen LogP contribution is -2.01. The molecule has 3 nitrogen and oxygen atoms in total. The number of ether oxygens (including phenoxy) is 1. The maximum Gasteiger partial charge on any atom is 0.124 e. The van der Waals surface area contributed by atoms with Gasteiger partial charge in [0.15, 0.2) is 0 Å². The largest absolute Gasteiger partial charge is 0.508 e. The third-order valence-electron chi connectivity index (χ3n) is 2.69. The zero-order chi connectivity index (χ0) is 13.8. The van der Waals surface area contributed by atoms with Gasteiger partial charge in [-0.1, -0.05) is 0 Å². The summed E-state index contributed by atoms with van der Waals surface area (Å²) in [6.45, 7) is 0.410. The minimum Gasteiger partial charge on any atom is -0.508 e. The molecule has 0 aliphatic rings. The van der Waals surface area contributed by atoms with E-state index in [0.29, 0.717) is 22.3 Å². The molecule has 0 aromatic heterocycles. The van der Waals surface area contributed by atoms with Crippen molar-refractivity contribution in [3.63, 3.8) is 0 Å². The number of nitrogens with one attached hydrogen (secondary N) is 1. The molecule has 2 aromatic rings. The zero-order valence-corrected chi connectivity index (χ0v) is 11.9. The van der Waals surface area contributed by atoms with E-state index in [1.54, 1.807) is 31.4 Å². The highest BCUT2D eigenvalue weighted by Gasteiger charge is 2.05. The second kappa shape index (κ2) is 5.93. The van der Waals surface area contributed by atoms with Crippen molar-refractivity contribution >= 4 is 21.6 Å². The van der Waals surface area contributed by atoms with Gasteiger partial charge in [0.05, 0.1) is 7.11 Å². The fraction of sp³-hybridized carbons (Fsp3) is 0.143. The van der Waals surface area contributed by atoms with Crippen LogP contribution in [0.15, 0.2) is 40.9 Å². The van der Waals surface area contributed by atoms with E-state index in [9.17, 15) is 9.50 Å². The molecule has 0 heterocycles. The van der Waals surface area contributed by atoms with Gasteiger partial charge >= 0.3 is 0 Å². The van der Waals surface area contributed by atoms with Crippen molar-refractivity contribution in [1.29, 1.82) is 0 Å². The molecule has 2 aromatic carbocycles. The Kier molecular flexibility index (Phi) is 4.27. The van der Waals surface area contributed by atoms with E-state index in [2.05, 4.69) is 21.2 Å². The number of benzene rings is 2. The number of hydrogen-bond donors (Lipinski definition) is 2. The second-order valence-electron chi connectivity index (χ2n) is 3.97. The Morgan fingerprint density at radius 1 is 1.26 bits per heavy atom. The quantitative estimate of drug-likeness (QED) is 0.895. The summed E-state index contributed by atoms with van der Waals surface area (Å²) in [6, 6.07) is 9.41. The minimum absolute atomic E-state index is 0.187. The first kappa shape index (κ1) is 13.7. The van der Waals surface area contributed by atoms with Gasteiger partial charge < -0.3 is 15.2 Å². The molecule has 0 saturated heterocycles. The van der Waals surface area contributed by atoms with E-state index >= 15 is 0 Å². The molecular weight excluding hydrogens is 313 g/mol. The molecule has 0 aliphatic carbocycles. The fourth-order valence-corrected chi connectivity index (χ4v) is 2.14. The Hall–Kier alpha value is -1.75. The van der Waals surface area contributed by atoms with Gasteiger partial charge in [-0.25, -0.2) is 4.39 Å². The summed E-state index contributed by atoms with van der Waals surface area (Å²) in [4.78, 5) is 0. The minimum atomic E-state index is -0.304. The van der Waals surface area contributed by atoms with Crippen molar-refractivity contribution < 1.29 is 14.2 Å². The third kappa shape index (κ3) is 3.38. The normalized spacial score (nSPS) is 10.3. The molecule has 0 bridgehead atoms. The van der Waals surface area contributed by atoms with E-state index in [4.69, 9.17) is 4.74 Å². The van der Waals surface area contributed by atoms with Crippen LogP contribution >= 0.6 is 15.9 Å². The van der Waals surface area contributed by atoms with Crippen LogP contribution in [0, 0.1) is 5.82 Å². The van der Waals surface area contributed by atoms with Gasteiger partial charge in [0.25, 0.3) is 0 Å². The van der Waals surface area contributed by atoms with E-state index in [1.807, 2.05) is 0 Å². The van der Waals surface area contributed by atoms with Gasteiger partial charge in [0, 0.05) is 22.3 Å². The van der Waals surface area contributed by atoms with Crippen LogP contribution in [0.25, 0.3) is 0 Å². The molecule has 0 saturated carbocycles. The average Bonchev–Trinajstić information content (AvgIpc) is 2.39. The van der Waals surface area contributed by atoms with Crippen molar-refractivity contribution in [1.82, 2.24) is 0 Å². The highest BCUT2D eigenvalue weighted by Crippen LogP contribution is 2.27. The molecule has 0 atom stereocenters. The Bertz CT molecular complexity index is 590. The van der Waals surface area contributed by atoms with E-state index in [1.165, 1.54) is 12.1 Å². The van der Waals surface area contributed by atoms with Crippen LogP contribution in [0.4, 0.5) is 10.1 Å². The van der Waals surface area contributed by atoms with E-state index in [-0.39, 0.29) is 11.6 Å². The molecule has 0 aliphatic heterocycles. The molecule has 0 unspecified atom stereocenters. The molecule has 2 N–H and O–H groups in total. The topological polar surface area (TPSA) is 41.5 Å². The van der Waals surface area contributed by atoms with Crippen LogP contribution in [0.2, 0.25) is 0 Å². The van der Waals surface area contributed by atoms with Crippen LogP contribution in [0.5, 0.6) is 11.5 Å². The zero-order valence-electron chi connectivity index (χ0n) is 10.3. The highest BCUT2D eigenvalue weighted by molar-refractivity contribution is 9.10. The van der Waals surface area contributed by atoms with E-state index in [0.717, 1.165) is 5.69 Å². The molecule has 0 spiro atoms. The first-order valence-corrected chi connectivity index (χ1v) is 6.44. The number of aromatic hydroxyl groups is 1. The lowest BCUT2D eigenvalue weighted by Gasteiger charge is -2.11. The van der Waals surface area contributed by atoms with Gasteiger partial charge in [-0.2, -0.15) is 0 Å². The van der Waals surface area contributed by atoms with E-state index < -0.39 is 0 Å². The smallest absolute Gasteiger partial charge is 0.124 e. The monoisotopic (exact) mass is 325 g/mol. The van der Waals surface area contributed by atoms with Gasteiger partial charge in [-0.3, -0.25) is 0 Å². The Balaban J connectivity index is 2.14. The predicted octanol–water partition coefficient (Wildman–Crippen LogP) is 3.91. The number of methoxy groups -OCH3 is 1. The third-order valence-corrected chi connectivity index (χ3v) is 3.34. The Labute approximate surface area is 119 Å². The van der Waals surface area contributed by atoms with Crippen LogP contribution in [-0.4, -0.2) is 12.2 Å². The van der Waals surface area contributed by atoms with Gasteiger partial charge in [-0.05, 0) is 52.3 Å². The molecule has 0 fully saturated rings. The van der Waals surface area contributed by atoms with Crippen molar-refractivity contribution in [2.75, 3.05) is 12.4 Å². The van der Waals surface area contributed by atoms with Crippen LogP contribution in [0.3, 0.4) is 0 Å². The van der Waals surface area contributed by atoms with Gasteiger partial charge in [0.2, 0.25) is 0 Å². The van der Waals surface area contributed by atoms with Gasteiger partial charge in [0.1, 0.15) is 17.3 Å². The van der Waals surface area contributed by atoms with Crippen LogP contribution in [0.1, 0.15) is 5.56 Å². The fourth-order valence-electron chi connectivity index (χ4n) is 1.65. The maximum atomic E-state index is 13.0. The molecule has 2 rings (SSSR count). The Morgan fingerprint density at radius 2 is 2.05 bits per heavy atom. The summed E-state index contributed by atoms with van der Waals surface area (Å²) in [5.74, 6) is 0.556. The summed E-state index contributed by atoms with van der Waals surface area (Å²) >= 11 is 3.28. The molecule has 100 valence electrons. The van der Waals surface area contributed by atoms with Crippen molar-refractivity contribution in [2.24, 2.45) is 0 Å². The van der Waals surface area contributed by atoms with Crippen molar-refractivity contribution in [2.45, 2.75) is 6.54 Å². The molecular formula is C14H13BrFNO2. The maximum absolute atomic E-state index is 13.0. The Morgan fingerprint density at radius 3 is 2.74 bits per heavy atom.